The molecule has 0 aromatic carbocycles. The van der Waals surface area contributed by atoms with Gasteiger partial charge in [0.05, 0.1) is 5.71 Å². The molecule has 0 unspecified atom stereocenters. The fourth-order valence-corrected chi connectivity index (χ4v) is 0.919. The number of rotatable bonds is 1. The summed E-state index contributed by atoms with van der Waals surface area (Å²) in [6.45, 7) is 0. The molecule has 4 N–H and O–H groups in total. The van der Waals surface area contributed by atoms with Crippen LogP contribution in [-0.4, -0.2) is 12.8 Å². The number of nitrogens with two attached hydrogens (primary N) is 1. The van der Waals surface area contributed by atoms with Crippen LogP contribution in [0, 0.1) is 5.41 Å². The van der Waals surface area contributed by atoms with Crippen LogP contribution < -0.4 is 11.1 Å². The minimum Gasteiger partial charge on any atom is -0.399 e. The van der Waals surface area contributed by atoms with Crippen molar-refractivity contribution in [2.75, 3.05) is 7.05 Å². The van der Waals surface area contributed by atoms with Crippen molar-refractivity contribution in [3.05, 3.63) is 35.4 Å². The highest BCUT2D eigenvalue weighted by atomic mass is 19.1. The third-order valence-electron chi connectivity index (χ3n) is 1.44. The van der Waals surface area contributed by atoms with Crippen LogP contribution in [0.3, 0.4) is 0 Å². The minimum absolute atomic E-state index is 0.140. The van der Waals surface area contributed by atoms with Crippen molar-refractivity contribution < 1.29 is 4.39 Å². The predicted molar refractivity (Wildman–Crippen MR) is 46.3 cm³/mol. The van der Waals surface area contributed by atoms with E-state index in [0.717, 1.165) is 6.08 Å². The van der Waals surface area contributed by atoms with Crippen LogP contribution in [0.25, 0.3) is 0 Å². The molecule has 0 bridgehead atoms. The molecule has 0 amide bonds. The molecule has 64 valence electrons. The summed E-state index contributed by atoms with van der Waals surface area (Å²) in [6.07, 6.45) is 4.21. The van der Waals surface area contributed by atoms with Crippen LogP contribution in [0.5, 0.6) is 0 Å². The molecule has 1 rings (SSSR count). The summed E-state index contributed by atoms with van der Waals surface area (Å²) in [4.78, 5) is 0. The second kappa shape index (κ2) is 3.21. The quantitative estimate of drug-likeness (QED) is 0.541. The van der Waals surface area contributed by atoms with Crippen LogP contribution >= 0.6 is 0 Å². The van der Waals surface area contributed by atoms with Crippen LogP contribution in [0.1, 0.15) is 0 Å². The highest BCUT2D eigenvalue weighted by Gasteiger charge is 2.13. The molecule has 4 heteroatoms. The lowest BCUT2D eigenvalue weighted by atomic mass is 10.0. The molecule has 0 saturated carbocycles. The van der Waals surface area contributed by atoms with Crippen molar-refractivity contribution in [2.45, 2.75) is 0 Å². The molecule has 0 heterocycles. The predicted octanol–water partition coefficient (Wildman–Crippen LogP) is 0.819. The summed E-state index contributed by atoms with van der Waals surface area (Å²) in [6, 6.07) is 0. The fourth-order valence-electron chi connectivity index (χ4n) is 0.919. The molecule has 12 heavy (non-hydrogen) atoms. The summed E-state index contributed by atoms with van der Waals surface area (Å²) >= 11 is 0. The maximum Gasteiger partial charge on any atom is 0.150 e. The Bertz CT molecular complexity index is 299. The van der Waals surface area contributed by atoms with Crippen LogP contribution in [0.2, 0.25) is 0 Å². The molecule has 1 aliphatic carbocycles. The summed E-state index contributed by atoms with van der Waals surface area (Å²) < 4.78 is 12.8. The monoisotopic (exact) mass is 167 g/mol. The van der Waals surface area contributed by atoms with Gasteiger partial charge in [0.2, 0.25) is 0 Å². The Morgan fingerprint density at radius 2 is 2.25 bits per heavy atom. The molecule has 0 radical (unpaired) electrons. The Labute approximate surface area is 70.0 Å². The maximum atomic E-state index is 12.8. The van der Waals surface area contributed by atoms with E-state index in [4.69, 9.17) is 11.1 Å². The van der Waals surface area contributed by atoms with Crippen molar-refractivity contribution in [2.24, 2.45) is 5.73 Å². The van der Waals surface area contributed by atoms with Gasteiger partial charge in [0.1, 0.15) is 0 Å². The van der Waals surface area contributed by atoms with Gasteiger partial charge in [0.15, 0.2) is 5.83 Å². The van der Waals surface area contributed by atoms with Crippen molar-refractivity contribution in [3.8, 4) is 0 Å². The standard InChI is InChI=1S/C8H10FN3/c1-12-4-5-2-6(10)3-7(9)8(5)11/h2-4,11-12H,10H2,1H3/b5-4-,11-8?. The summed E-state index contributed by atoms with van der Waals surface area (Å²) in [5.74, 6) is -0.600. The van der Waals surface area contributed by atoms with Crippen molar-refractivity contribution in [3.63, 3.8) is 0 Å². The lowest BCUT2D eigenvalue weighted by Gasteiger charge is -2.09. The van der Waals surface area contributed by atoms with Crippen molar-refractivity contribution in [1.82, 2.24) is 5.32 Å². The van der Waals surface area contributed by atoms with Crippen LogP contribution in [0.15, 0.2) is 35.4 Å². The smallest absolute Gasteiger partial charge is 0.150 e. The van der Waals surface area contributed by atoms with E-state index in [-0.39, 0.29) is 5.71 Å². The average Bonchev–Trinajstić information content (AvgIpc) is 2.00. The van der Waals surface area contributed by atoms with Gasteiger partial charge < -0.3 is 11.1 Å². The first-order valence-corrected chi connectivity index (χ1v) is 3.46. The van der Waals surface area contributed by atoms with E-state index in [0.29, 0.717) is 11.3 Å². The van der Waals surface area contributed by atoms with Crippen molar-refractivity contribution in [1.29, 1.82) is 5.41 Å². The number of nitrogens with one attached hydrogen (secondary N) is 2. The van der Waals surface area contributed by atoms with E-state index < -0.39 is 5.83 Å². The Morgan fingerprint density at radius 1 is 1.58 bits per heavy atom. The molecule has 0 fully saturated rings. The number of halogens is 1. The normalized spacial score (nSPS) is 20.5. The minimum atomic E-state index is -0.600. The summed E-state index contributed by atoms with van der Waals surface area (Å²) in [5.41, 5.74) is 6.03. The molecule has 0 aromatic rings. The fraction of sp³-hybridized carbons (Fsp3) is 0.125. The van der Waals surface area contributed by atoms with Gasteiger partial charge in [-0.15, -0.1) is 0 Å². The van der Waals surface area contributed by atoms with Gasteiger partial charge in [-0.2, -0.15) is 0 Å². The van der Waals surface area contributed by atoms with Gasteiger partial charge in [-0.05, 0) is 12.2 Å². The zero-order valence-electron chi connectivity index (χ0n) is 6.69. The lowest BCUT2D eigenvalue weighted by molar-refractivity contribution is 0.677. The van der Waals surface area contributed by atoms with Gasteiger partial charge in [0.25, 0.3) is 0 Å². The molecule has 0 aromatic heterocycles. The molecule has 1 aliphatic rings. The van der Waals surface area contributed by atoms with E-state index in [1.807, 2.05) is 0 Å². The zero-order valence-corrected chi connectivity index (χ0v) is 6.69. The first kappa shape index (κ1) is 8.52. The molecule has 0 atom stereocenters. The van der Waals surface area contributed by atoms with Crippen LogP contribution in [0.4, 0.5) is 4.39 Å². The first-order chi connectivity index (χ1) is 5.65. The first-order valence-electron chi connectivity index (χ1n) is 3.46. The zero-order chi connectivity index (χ0) is 9.14. The molecule has 0 spiro atoms. The number of hydrogen-bond acceptors (Lipinski definition) is 3. The molecule has 0 aliphatic heterocycles. The molecular weight excluding hydrogens is 157 g/mol. The highest BCUT2D eigenvalue weighted by molar-refractivity contribution is 6.12. The molecule has 3 nitrogen and oxygen atoms in total. The lowest BCUT2D eigenvalue weighted by Crippen LogP contribution is -2.12. The largest absolute Gasteiger partial charge is 0.399 e. The van der Waals surface area contributed by atoms with Gasteiger partial charge in [-0.1, -0.05) is 0 Å². The number of allylic oxidation sites excluding steroid dienone is 4. The van der Waals surface area contributed by atoms with Gasteiger partial charge in [0, 0.05) is 24.5 Å². The van der Waals surface area contributed by atoms with E-state index in [1.54, 1.807) is 13.1 Å². The third kappa shape index (κ3) is 1.53. The summed E-state index contributed by atoms with van der Waals surface area (Å²) in [5, 5.41) is 10.0. The van der Waals surface area contributed by atoms with E-state index in [2.05, 4.69) is 5.32 Å². The second-order valence-corrected chi connectivity index (χ2v) is 2.40. The molecular formula is C8H10FN3. The van der Waals surface area contributed by atoms with E-state index in [1.165, 1.54) is 6.20 Å². The topological polar surface area (TPSA) is 61.9 Å². The van der Waals surface area contributed by atoms with Crippen molar-refractivity contribution >= 4 is 5.71 Å². The Kier molecular flexibility index (Phi) is 2.28. The highest BCUT2D eigenvalue weighted by Crippen LogP contribution is 2.16. The van der Waals surface area contributed by atoms with Gasteiger partial charge in [-0.3, -0.25) is 5.41 Å². The Hall–Kier alpha value is -1.58. The van der Waals surface area contributed by atoms with Crippen LogP contribution in [-0.2, 0) is 0 Å². The second-order valence-electron chi connectivity index (χ2n) is 2.40. The Morgan fingerprint density at radius 3 is 2.83 bits per heavy atom. The average molecular weight is 167 g/mol. The third-order valence-corrected chi connectivity index (χ3v) is 1.44. The van der Waals surface area contributed by atoms with Gasteiger partial charge >= 0.3 is 0 Å². The molecule has 0 saturated heterocycles. The maximum absolute atomic E-state index is 12.8. The van der Waals surface area contributed by atoms with Gasteiger partial charge in [-0.25, -0.2) is 4.39 Å². The van der Waals surface area contributed by atoms with E-state index >= 15 is 0 Å². The van der Waals surface area contributed by atoms with E-state index in [9.17, 15) is 4.39 Å². The Balaban J connectivity index is 3.02. The number of hydrogen-bond donors (Lipinski definition) is 3. The SMILES string of the molecule is CN/C=C1/C=C(N)C=C(F)C1=N. The summed E-state index contributed by atoms with van der Waals surface area (Å²) in [7, 11) is 1.68.